The molecule has 0 unspecified atom stereocenters. The van der Waals surface area contributed by atoms with Gasteiger partial charge in [0.2, 0.25) is 0 Å². The Hall–Kier alpha value is 0.230. The third-order valence-corrected chi connectivity index (χ3v) is 6.89. The zero-order chi connectivity index (χ0) is 13.9. The van der Waals surface area contributed by atoms with Crippen LogP contribution < -0.4 is 5.32 Å². The molecule has 3 fully saturated rings. The fourth-order valence-corrected chi connectivity index (χ4v) is 4.95. The van der Waals surface area contributed by atoms with Crippen molar-refractivity contribution in [3.8, 4) is 0 Å². The minimum Gasteiger partial charge on any atom is -0.348 e. The zero-order valence-electron chi connectivity index (χ0n) is 12.8. The molecule has 2 saturated carbocycles. The van der Waals surface area contributed by atoms with Gasteiger partial charge in [0.25, 0.3) is 0 Å². The van der Waals surface area contributed by atoms with Crippen molar-refractivity contribution in [1.82, 2.24) is 5.32 Å². The third-order valence-electron chi connectivity index (χ3n) is 5.47. The molecular weight excluding hydrogens is 270 g/mol. The van der Waals surface area contributed by atoms with Crippen LogP contribution in [-0.2, 0) is 9.47 Å². The molecule has 0 aromatic heterocycles. The van der Waals surface area contributed by atoms with Gasteiger partial charge in [-0.3, -0.25) is 0 Å². The van der Waals surface area contributed by atoms with Gasteiger partial charge in [-0.1, -0.05) is 19.3 Å². The van der Waals surface area contributed by atoms with Crippen LogP contribution in [0.1, 0.15) is 57.8 Å². The summed E-state index contributed by atoms with van der Waals surface area (Å²) >= 11 is 2.09. The van der Waals surface area contributed by atoms with E-state index < -0.39 is 0 Å². The maximum Gasteiger partial charge on any atom is 0.168 e. The summed E-state index contributed by atoms with van der Waals surface area (Å²) < 4.78 is 12.1. The molecule has 3 rings (SSSR count). The van der Waals surface area contributed by atoms with E-state index in [4.69, 9.17) is 9.47 Å². The minimum atomic E-state index is -0.208. The van der Waals surface area contributed by atoms with E-state index in [-0.39, 0.29) is 5.79 Å². The molecule has 1 spiro atoms. The lowest BCUT2D eigenvalue weighted by atomic mass is 9.86. The minimum absolute atomic E-state index is 0.208. The SMILES string of the molecule is CSC1(CNC2CCC3(CC2)OCCO3)CCCCC1. The fraction of sp³-hybridized carbons (Fsp3) is 1.00. The Morgan fingerprint density at radius 1 is 1.00 bits per heavy atom. The number of hydrogen-bond acceptors (Lipinski definition) is 4. The van der Waals surface area contributed by atoms with Gasteiger partial charge < -0.3 is 14.8 Å². The van der Waals surface area contributed by atoms with Crippen LogP contribution in [0.3, 0.4) is 0 Å². The van der Waals surface area contributed by atoms with Crippen molar-refractivity contribution in [2.45, 2.75) is 74.4 Å². The molecule has 3 nitrogen and oxygen atoms in total. The maximum absolute atomic E-state index is 5.81. The summed E-state index contributed by atoms with van der Waals surface area (Å²) in [6.45, 7) is 2.76. The Kier molecular flexibility index (Phi) is 4.96. The third kappa shape index (κ3) is 3.34. The van der Waals surface area contributed by atoms with E-state index in [1.54, 1.807) is 0 Å². The molecule has 116 valence electrons. The Balaban J connectivity index is 1.45. The number of ether oxygens (including phenoxy) is 2. The van der Waals surface area contributed by atoms with Crippen LogP contribution in [0.4, 0.5) is 0 Å². The number of thioether (sulfide) groups is 1. The lowest BCUT2D eigenvalue weighted by Gasteiger charge is -2.40. The average Bonchev–Trinajstić information content (AvgIpc) is 2.96. The van der Waals surface area contributed by atoms with Crippen LogP contribution in [0, 0.1) is 0 Å². The molecule has 0 aromatic carbocycles. The van der Waals surface area contributed by atoms with E-state index in [2.05, 4.69) is 23.3 Å². The van der Waals surface area contributed by atoms with Gasteiger partial charge in [-0.05, 0) is 31.9 Å². The van der Waals surface area contributed by atoms with Crippen molar-refractivity contribution in [1.29, 1.82) is 0 Å². The molecule has 0 bridgehead atoms. The fourth-order valence-electron chi connectivity index (χ4n) is 4.03. The van der Waals surface area contributed by atoms with Crippen LogP contribution >= 0.6 is 11.8 Å². The first-order chi connectivity index (χ1) is 9.76. The first kappa shape index (κ1) is 15.1. The molecule has 0 amide bonds. The Morgan fingerprint density at radius 3 is 2.25 bits per heavy atom. The summed E-state index contributed by atoms with van der Waals surface area (Å²) in [5, 5.41) is 3.86. The smallest absolute Gasteiger partial charge is 0.168 e. The molecule has 4 heteroatoms. The Bertz CT molecular complexity index is 302. The van der Waals surface area contributed by atoms with Crippen molar-refractivity contribution in [3.63, 3.8) is 0 Å². The lowest BCUT2D eigenvalue weighted by Crippen LogP contribution is -2.47. The highest BCUT2D eigenvalue weighted by atomic mass is 32.2. The van der Waals surface area contributed by atoms with Gasteiger partial charge in [0.05, 0.1) is 13.2 Å². The lowest BCUT2D eigenvalue weighted by molar-refractivity contribution is -0.179. The van der Waals surface area contributed by atoms with Gasteiger partial charge in [-0.25, -0.2) is 0 Å². The summed E-state index contributed by atoms with van der Waals surface area (Å²) in [4.78, 5) is 0. The first-order valence-corrected chi connectivity index (χ1v) is 9.55. The van der Waals surface area contributed by atoms with Crippen molar-refractivity contribution < 1.29 is 9.47 Å². The second kappa shape index (κ2) is 6.55. The summed E-state index contributed by atoms with van der Waals surface area (Å²) in [5.41, 5.74) is 0. The van der Waals surface area contributed by atoms with Crippen molar-refractivity contribution in [2.75, 3.05) is 26.0 Å². The van der Waals surface area contributed by atoms with Crippen LogP contribution in [-0.4, -0.2) is 42.6 Å². The summed E-state index contributed by atoms with van der Waals surface area (Å²) in [5.74, 6) is -0.208. The van der Waals surface area contributed by atoms with Gasteiger partial charge in [0, 0.05) is 30.2 Å². The summed E-state index contributed by atoms with van der Waals surface area (Å²) in [6.07, 6.45) is 13.9. The average molecular weight is 299 g/mol. The molecule has 20 heavy (non-hydrogen) atoms. The maximum atomic E-state index is 5.81. The van der Waals surface area contributed by atoms with Gasteiger partial charge in [-0.2, -0.15) is 11.8 Å². The monoisotopic (exact) mass is 299 g/mol. The van der Waals surface area contributed by atoms with Crippen molar-refractivity contribution >= 4 is 11.8 Å². The molecule has 2 aliphatic carbocycles. The van der Waals surface area contributed by atoms with Gasteiger partial charge in [-0.15, -0.1) is 0 Å². The molecule has 1 N–H and O–H groups in total. The zero-order valence-corrected chi connectivity index (χ0v) is 13.6. The molecule has 1 saturated heterocycles. The quantitative estimate of drug-likeness (QED) is 0.862. The predicted octanol–water partition coefficient (Wildman–Crippen LogP) is 3.33. The molecule has 1 heterocycles. The van der Waals surface area contributed by atoms with E-state index in [1.165, 1.54) is 51.5 Å². The number of nitrogens with one attached hydrogen (secondary N) is 1. The van der Waals surface area contributed by atoms with Crippen LogP contribution in [0.15, 0.2) is 0 Å². The first-order valence-electron chi connectivity index (χ1n) is 8.32. The van der Waals surface area contributed by atoms with E-state index in [9.17, 15) is 0 Å². The molecule has 0 radical (unpaired) electrons. The van der Waals surface area contributed by atoms with E-state index in [0.29, 0.717) is 10.8 Å². The molecule has 0 aromatic rings. The number of hydrogen-bond donors (Lipinski definition) is 1. The van der Waals surface area contributed by atoms with Gasteiger partial charge >= 0.3 is 0 Å². The molecule has 3 aliphatic rings. The van der Waals surface area contributed by atoms with E-state index >= 15 is 0 Å². The molecule has 0 atom stereocenters. The standard InChI is InChI=1S/C16H29NO2S/c1-20-15(7-3-2-4-8-15)13-17-14-5-9-16(10-6-14)18-11-12-19-16/h14,17H,2-13H2,1H3. The topological polar surface area (TPSA) is 30.5 Å². The van der Waals surface area contributed by atoms with E-state index in [1.807, 2.05) is 0 Å². The van der Waals surface area contributed by atoms with E-state index in [0.717, 1.165) is 26.1 Å². The summed E-state index contributed by atoms with van der Waals surface area (Å²) in [6, 6.07) is 0.666. The Morgan fingerprint density at radius 2 is 1.65 bits per heavy atom. The predicted molar refractivity (Wildman–Crippen MR) is 84.2 cm³/mol. The highest BCUT2D eigenvalue weighted by Gasteiger charge is 2.40. The largest absolute Gasteiger partial charge is 0.348 e. The van der Waals surface area contributed by atoms with Crippen molar-refractivity contribution in [2.24, 2.45) is 0 Å². The molecule has 1 aliphatic heterocycles. The van der Waals surface area contributed by atoms with Crippen LogP contribution in [0.2, 0.25) is 0 Å². The second-order valence-electron chi connectivity index (χ2n) is 6.71. The van der Waals surface area contributed by atoms with Crippen LogP contribution in [0.25, 0.3) is 0 Å². The highest BCUT2D eigenvalue weighted by Crippen LogP contribution is 2.39. The Labute approximate surface area is 127 Å². The van der Waals surface area contributed by atoms with Gasteiger partial charge in [0.15, 0.2) is 5.79 Å². The normalized spacial score (nSPS) is 29.9. The number of rotatable bonds is 4. The molecular formula is C16H29NO2S. The van der Waals surface area contributed by atoms with Crippen molar-refractivity contribution in [3.05, 3.63) is 0 Å². The second-order valence-corrected chi connectivity index (χ2v) is 7.98. The summed E-state index contributed by atoms with van der Waals surface area (Å²) in [7, 11) is 0. The van der Waals surface area contributed by atoms with Gasteiger partial charge in [0.1, 0.15) is 0 Å². The highest BCUT2D eigenvalue weighted by molar-refractivity contribution is 8.00. The van der Waals surface area contributed by atoms with Crippen LogP contribution in [0.5, 0.6) is 0 Å².